The SMILES string of the molecule is N#Cc1c(N2c3ccc(-c4ccccc4)cc3N3c4cc(-c5ccccc5)ccc4NC32)c(-n2c3ccccc3c3ccccc32)cc(N2c3ccc(-c4ccccc4)cc3N3c4cc(-c5ccccc5)ccc4NC32)c1-n1c2ccccc2c2ccccc21. The maximum atomic E-state index is 13.1. The molecule has 9 nitrogen and oxygen atoms in total. The summed E-state index contributed by atoms with van der Waals surface area (Å²) < 4.78 is 4.80. The van der Waals surface area contributed by atoms with Crippen molar-refractivity contribution >= 4 is 100 Å². The van der Waals surface area contributed by atoms with Crippen molar-refractivity contribution in [2.24, 2.45) is 0 Å². The molecule has 2 N–H and O–H groups in total. The van der Waals surface area contributed by atoms with Crippen molar-refractivity contribution in [3.8, 4) is 62.0 Å². The molecule has 13 aromatic carbocycles. The lowest BCUT2D eigenvalue weighted by atomic mass is 10.0. The summed E-state index contributed by atoms with van der Waals surface area (Å²) in [4.78, 5) is 9.83. The number of anilines is 10. The fourth-order valence-corrected chi connectivity index (χ4v) is 15.0. The van der Waals surface area contributed by atoms with E-state index in [-0.39, 0.29) is 0 Å². The van der Waals surface area contributed by atoms with Crippen molar-refractivity contribution < 1.29 is 0 Å². The summed E-state index contributed by atoms with van der Waals surface area (Å²) in [7, 11) is 0. The first-order valence-corrected chi connectivity index (χ1v) is 30.7. The van der Waals surface area contributed by atoms with E-state index in [1.54, 1.807) is 0 Å². The summed E-state index contributed by atoms with van der Waals surface area (Å²) in [6, 6.07) is 110. The molecule has 0 spiro atoms. The van der Waals surface area contributed by atoms with E-state index in [0.29, 0.717) is 5.56 Å². The molecule has 2 unspecified atom stereocenters. The van der Waals surface area contributed by atoms with Crippen LogP contribution in [0.25, 0.3) is 99.5 Å². The van der Waals surface area contributed by atoms with Gasteiger partial charge in [-0.2, -0.15) is 5.26 Å². The molecule has 19 rings (SSSR count). The second-order valence-electron chi connectivity index (χ2n) is 23.7. The monoisotopic (exact) mass is 1150 g/mol. The van der Waals surface area contributed by atoms with Gasteiger partial charge in [-0.25, -0.2) is 0 Å². The maximum absolute atomic E-state index is 13.1. The van der Waals surface area contributed by atoms with E-state index in [9.17, 15) is 5.26 Å². The lowest BCUT2D eigenvalue weighted by molar-refractivity contribution is 0.797. The van der Waals surface area contributed by atoms with Crippen molar-refractivity contribution in [1.29, 1.82) is 5.26 Å². The Kier molecular flexibility index (Phi) is 10.8. The quantitative estimate of drug-likeness (QED) is 0.157. The first kappa shape index (κ1) is 50.0. The summed E-state index contributed by atoms with van der Waals surface area (Å²) in [5.74, 6) is 0. The Labute approximate surface area is 519 Å². The van der Waals surface area contributed by atoms with Gasteiger partial charge in [-0.05, 0) is 123 Å². The average molecular weight is 1150 g/mol. The predicted octanol–water partition coefficient (Wildman–Crippen LogP) is 20.4. The van der Waals surface area contributed by atoms with Crippen LogP contribution in [0.4, 0.5) is 56.9 Å². The second kappa shape index (κ2) is 19.4. The number of nitrogens with zero attached hydrogens (tertiary/aromatic N) is 7. The number of rotatable bonds is 8. The number of hydrogen-bond acceptors (Lipinski definition) is 7. The zero-order valence-corrected chi connectivity index (χ0v) is 48.6. The fourth-order valence-electron chi connectivity index (χ4n) is 15.0. The van der Waals surface area contributed by atoms with Crippen LogP contribution in [0, 0.1) is 11.3 Å². The van der Waals surface area contributed by atoms with Gasteiger partial charge in [0.2, 0.25) is 0 Å². The molecule has 0 aliphatic carbocycles. The molecule has 0 radical (unpaired) electrons. The highest BCUT2D eigenvalue weighted by atomic mass is 15.6. The minimum absolute atomic E-state index is 0.466. The molecular weight excluding hydrogens is 1100 g/mol. The number of hydrogen-bond donors (Lipinski definition) is 2. The van der Waals surface area contributed by atoms with Crippen LogP contribution in [0.2, 0.25) is 0 Å². The Hall–Kier alpha value is -12.3. The van der Waals surface area contributed by atoms with Crippen molar-refractivity contribution in [2.75, 3.05) is 30.2 Å². The average Bonchev–Trinajstić information content (AvgIpc) is 1.58. The van der Waals surface area contributed by atoms with Crippen molar-refractivity contribution in [3.63, 3.8) is 0 Å². The van der Waals surface area contributed by atoms with Gasteiger partial charge >= 0.3 is 0 Å². The molecule has 0 amide bonds. The molecule has 0 saturated carbocycles. The molecule has 90 heavy (non-hydrogen) atoms. The summed E-state index contributed by atoms with van der Waals surface area (Å²) in [6.45, 7) is 0. The molecule has 0 saturated heterocycles. The Morgan fingerprint density at radius 3 is 1.00 bits per heavy atom. The highest BCUT2D eigenvalue weighted by Crippen LogP contribution is 2.61. The van der Waals surface area contributed by atoms with Crippen LogP contribution < -0.4 is 30.2 Å². The van der Waals surface area contributed by atoms with E-state index in [4.69, 9.17) is 0 Å². The third-order valence-corrected chi connectivity index (χ3v) is 18.9. The maximum Gasteiger partial charge on any atom is 0.187 e. The van der Waals surface area contributed by atoms with Crippen LogP contribution in [-0.4, -0.2) is 21.7 Å². The normalized spacial score (nSPS) is 15.0. The van der Waals surface area contributed by atoms with Gasteiger partial charge < -0.3 is 19.8 Å². The first-order valence-electron chi connectivity index (χ1n) is 30.7. The Balaban J connectivity index is 0.948. The zero-order chi connectivity index (χ0) is 59.1. The van der Waals surface area contributed by atoms with E-state index in [2.05, 4.69) is 343 Å². The summed E-state index contributed by atoms with van der Waals surface area (Å²) in [5, 5.41) is 25.7. The van der Waals surface area contributed by atoms with Crippen molar-refractivity contribution in [2.45, 2.75) is 12.6 Å². The van der Waals surface area contributed by atoms with E-state index in [1.165, 1.54) is 0 Å². The summed E-state index contributed by atoms with van der Waals surface area (Å²) >= 11 is 0. The Morgan fingerprint density at radius 2 is 0.589 bits per heavy atom. The topological polar surface area (TPSA) is 70.7 Å². The molecule has 4 aliphatic rings. The molecule has 15 aromatic rings. The minimum atomic E-state index is -0.507. The number of benzene rings is 13. The van der Waals surface area contributed by atoms with E-state index in [0.717, 1.165) is 156 Å². The zero-order valence-electron chi connectivity index (χ0n) is 48.6. The number of aromatic nitrogens is 2. The fraction of sp³-hybridized carbons (Fsp3) is 0.0247. The second-order valence-corrected chi connectivity index (χ2v) is 23.7. The van der Waals surface area contributed by atoms with Crippen LogP contribution in [0.15, 0.2) is 297 Å². The van der Waals surface area contributed by atoms with Crippen molar-refractivity contribution in [1.82, 2.24) is 9.13 Å². The van der Waals surface area contributed by atoms with E-state index in [1.807, 2.05) is 0 Å². The van der Waals surface area contributed by atoms with E-state index >= 15 is 0 Å². The number of nitriles is 1. The van der Waals surface area contributed by atoms with Gasteiger partial charge in [0.1, 0.15) is 11.6 Å². The lowest BCUT2D eigenvalue weighted by Gasteiger charge is -2.35. The van der Waals surface area contributed by atoms with Gasteiger partial charge in [-0.15, -0.1) is 0 Å². The van der Waals surface area contributed by atoms with E-state index < -0.39 is 12.6 Å². The van der Waals surface area contributed by atoms with Gasteiger partial charge in [0.25, 0.3) is 0 Å². The first-order chi connectivity index (χ1) is 44.6. The molecule has 4 aliphatic heterocycles. The molecular formula is C81H53N9. The molecule has 0 bridgehead atoms. The third-order valence-electron chi connectivity index (χ3n) is 18.9. The van der Waals surface area contributed by atoms with Gasteiger partial charge in [0.15, 0.2) is 12.6 Å². The van der Waals surface area contributed by atoms with Crippen LogP contribution in [-0.2, 0) is 0 Å². The van der Waals surface area contributed by atoms with Gasteiger partial charge in [0, 0.05) is 21.5 Å². The summed E-state index contributed by atoms with van der Waals surface area (Å²) in [6.07, 6.45) is -0.974. The number of fused-ring (bicyclic) bond motifs is 16. The van der Waals surface area contributed by atoms with Crippen LogP contribution in [0.3, 0.4) is 0 Å². The van der Waals surface area contributed by atoms with Crippen LogP contribution >= 0.6 is 0 Å². The molecule has 2 aromatic heterocycles. The minimum Gasteiger partial charge on any atom is -0.346 e. The van der Waals surface area contributed by atoms with Gasteiger partial charge in [-0.3, -0.25) is 19.6 Å². The molecule has 9 heteroatoms. The molecule has 0 fully saturated rings. The molecule has 422 valence electrons. The standard InChI is InChI=1S/C81H53N9/c82-50-63-78(86-68-35-19-15-31-61(68)62-32-16-20-36-69(62)86)77(87-70-43-39-57(53-25-9-3-10-26-53)47-74(70)88-72-45-55(51-21-5-1-6-22-51)37-41-64(72)83-80(87)88)49-76(85-66-33-17-13-29-59(66)60-30-14-18-34-67(60)85)79(63)90-71-44-40-58(54-27-11-4-12-28-54)48-75(71)89-73-46-56(52-23-7-2-8-24-52)38-42-65(73)84-81(89)90/h1-49,80-81,83-84H. The summed E-state index contributed by atoms with van der Waals surface area (Å²) in [5.41, 5.74) is 25.0. The lowest BCUT2D eigenvalue weighted by Crippen LogP contribution is -2.42. The largest absolute Gasteiger partial charge is 0.346 e. The van der Waals surface area contributed by atoms with Crippen LogP contribution in [0.5, 0.6) is 0 Å². The molecule has 6 heterocycles. The highest BCUT2D eigenvalue weighted by Gasteiger charge is 2.49. The van der Waals surface area contributed by atoms with Gasteiger partial charge in [0.05, 0.1) is 90.3 Å². The highest BCUT2D eigenvalue weighted by molar-refractivity contribution is 6.14. The third kappa shape index (κ3) is 7.24. The Morgan fingerprint density at radius 1 is 0.256 bits per heavy atom. The van der Waals surface area contributed by atoms with Crippen LogP contribution in [0.1, 0.15) is 5.56 Å². The molecule has 2 atom stereocenters. The number of para-hydroxylation sites is 4. The Bertz CT molecular complexity index is 5390. The number of nitrogens with one attached hydrogen (secondary N) is 2. The predicted molar refractivity (Wildman–Crippen MR) is 371 cm³/mol. The van der Waals surface area contributed by atoms with Gasteiger partial charge in [-0.1, -0.05) is 218 Å². The smallest absolute Gasteiger partial charge is 0.187 e. The van der Waals surface area contributed by atoms with Crippen molar-refractivity contribution in [3.05, 3.63) is 303 Å².